The van der Waals surface area contributed by atoms with Crippen LogP contribution in [-0.4, -0.2) is 54.3 Å². The van der Waals surface area contributed by atoms with Gasteiger partial charge in [-0.25, -0.2) is 0 Å². The van der Waals surface area contributed by atoms with Crippen LogP contribution in [0.1, 0.15) is 12.0 Å². The van der Waals surface area contributed by atoms with Gasteiger partial charge in [0.1, 0.15) is 6.61 Å². The predicted molar refractivity (Wildman–Crippen MR) is 74.7 cm³/mol. The van der Waals surface area contributed by atoms with Crippen LogP contribution >= 0.6 is 0 Å². The quantitative estimate of drug-likeness (QED) is 0.843. The van der Waals surface area contributed by atoms with Crippen molar-refractivity contribution in [2.45, 2.75) is 19.1 Å². The first-order chi connectivity index (χ1) is 10.2. The second kappa shape index (κ2) is 7.75. The molecule has 0 saturated carbocycles. The molecule has 1 saturated heterocycles. The summed E-state index contributed by atoms with van der Waals surface area (Å²) in [7, 11) is 0. The number of rotatable bonds is 6. The summed E-state index contributed by atoms with van der Waals surface area (Å²) in [4.78, 5) is 24.5. The minimum Gasteiger partial charge on any atom is -0.481 e. The fourth-order valence-electron chi connectivity index (χ4n) is 2.27. The summed E-state index contributed by atoms with van der Waals surface area (Å²) >= 11 is 0. The van der Waals surface area contributed by atoms with Gasteiger partial charge in [0.05, 0.1) is 32.3 Å². The largest absolute Gasteiger partial charge is 0.481 e. The zero-order valence-electron chi connectivity index (χ0n) is 11.7. The highest BCUT2D eigenvalue weighted by Gasteiger charge is 2.28. The van der Waals surface area contributed by atoms with Gasteiger partial charge < -0.3 is 19.5 Å². The molecule has 1 unspecified atom stereocenters. The Morgan fingerprint density at radius 1 is 1.33 bits per heavy atom. The van der Waals surface area contributed by atoms with E-state index in [1.807, 2.05) is 30.3 Å². The maximum absolute atomic E-state index is 12.1. The van der Waals surface area contributed by atoms with Crippen molar-refractivity contribution in [3.8, 4) is 0 Å². The van der Waals surface area contributed by atoms with E-state index in [0.717, 1.165) is 5.56 Å². The number of carboxylic acid groups (broad SMARTS) is 1. The third-order valence-electron chi connectivity index (χ3n) is 3.30. The van der Waals surface area contributed by atoms with Crippen LogP contribution in [-0.2, 0) is 25.7 Å². The molecule has 0 bridgehead atoms. The number of aliphatic carboxylic acids is 1. The molecule has 0 spiro atoms. The van der Waals surface area contributed by atoms with Gasteiger partial charge in [0.2, 0.25) is 5.91 Å². The van der Waals surface area contributed by atoms with E-state index >= 15 is 0 Å². The Labute approximate surface area is 123 Å². The number of carbonyl (C=O) groups is 2. The molecule has 1 heterocycles. The summed E-state index contributed by atoms with van der Waals surface area (Å²) in [6, 6.07) is 9.17. The van der Waals surface area contributed by atoms with Crippen LogP contribution in [0.3, 0.4) is 0 Å². The van der Waals surface area contributed by atoms with Gasteiger partial charge >= 0.3 is 5.97 Å². The lowest BCUT2D eigenvalue weighted by Crippen LogP contribution is -2.50. The van der Waals surface area contributed by atoms with Crippen molar-refractivity contribution in [1.29, 1.82) is 0 Å². The fourth-order valence-corrected chi connectivity index (χ4v) is 2.27. The van der Waals surface area contributed by atoms with Crippen LogP contribution in [0.15, 0.2) is 30.3 Å². The van der Waals surface area contributed by atoms with Crippen molar-refractivity contribution >= 4 is 11.9 Å². The first-order valence-corrected chi connectivity index (χ1v) is 6.87. The van der Waals surface area contributed by atoms with Crippen molar-refractivity contribution in [1.82, 2.24) is 4.90 Å². The number of carbonyl (C=O) groups excluding carboxylic acids is 1. The zero-order valence-corrected chi connectivity index (χ0v) is 11.7. The topological polar surface area (TPSA) is 76.1 Å². The average Bonchev–Trinajstić information content (AvgIpc) is 2.48. The number of carboxylic acids is 1. The van der Waals surface area contributed by atoms with E-state index in [4.69, 9.17) is 14.6 Å². The van der Waals surface area contributed by atoms with Crippen molar-refractivity contribution in [2.75, 3.05) is 26.4 Å². The minimum atomic E-state index is -0.937. The second-order valence-corrected chi connectivity index (χ2v) is 4.89. The Hall–Kier alpha value is -1.92. The third-order valence-corrected chi connectivity index (χ3v) is 3.30. The number of morpholine rings is 1. The van der Waals surface area contributed by atoms with Gasteiger partial charge in [-0.3, -0.25) is 9.59 Å². The molecule has 1 fully saturated rings. The summed E-state index contributed by atoms with van der Waals surface area (Å²) < 4.78 is 10.6. The number of ether oxygens (including phenoxy) is 2. The van der Waals surface area contributed by atoms with Crippen LogP contribution < -0.4 is 0 Å². The van der Waals surface area contributed by atoms with Crippen LogP contribution in [0.4, 0.5) is 0 Å². The first kappa shape index (κ1) is 15.5. The van der Waals surface area contributed by atoms with Crippen molar-refractivity contribution in [3.05, 3.63) is 35.9 Å². The second-order valence-electron chi connectivity index (χ2n) is 4.89. The monoisotopic (exact) mass is 293 g/mol. The van der Waals surface area contributed by atoms with Gasteiger partial charge in [0.25, 0.3) is 0 Å². The normalized spacial score (nSPS) is 18.5. The predicted octanol–water partition coefficient (Wildman–Crippen LogP) is 0.905. The standard InChI is InChI=1S/C15H19NO5/c17-14(11-21-9-12-4-2-1-3-5-12)16-6-7-20-10-13(16)8-15(18)19/h1-5,13H,6-11H2,(H,18,19). The molecule has 2 rings (SSSR count). The molecule has 1 aromatic rings. The van der Waals surface area contributed by atoms with E-state index < -0.39 is 12.0 Å². The summed E-state index contributed by atoms with van der Waals surface area (Å²) in [6.07, 6.45) is -0.107. The van der Waals surface area contributed by atoms with Crippen LogP contribution in [0.2, 0.25) is 0 Å². The Bertz CT molecular complexity index is 476. The smallest absolute Gasteiger partial charge is 0.305 e. The Balaban J connectivity index is 1.81. The van der Waals surface area contributed by atoms with E-state index in [2.05, 4.69) is 0 Å². The maximum Gasteiger partial charge on any atom is 0.305 e. The summed E-state index contributed by atoms with van der Waals surface area (Å²) in [5.74, 6) is -1.13. The van der Waals surface area contributed by atoms with Gasteiger partial charge in [0.15, 0.2) is 0 Å². The molecule has 0 aromatic heterocycles. The molecule has 1 aromatic carbocycles. The van der Waals surface area contributed by atoms with Crippen LogP contribution in [0, 0.1) is 0 Å². The molecule has 1 aliphatic rings. The van der Waals surface area contributed by atoms with Gasteiger partial charge in [-0.2, -0.15) is 0 Å². The lowest BCUT2D eigenvalue weighted by molar-refractivity contribution is -0.149. The maximum atomic E-state index is 12.1. The molecule has 1 N–H and O–H groups in total. The lowest BCUT2D eigenvalue weighted by Gasteiger charge is -2.34. The number of nitrogens with zero attached hydrogens (tertiary/aromatic N) is 1. The molecule has 6 nitrogen and oxygen atoms in total. The van der Waals surface area contributed by atoms with E-state index in [1.54, 1.807) is 4.90 Å². The molecule has 1 atom stereocenters. The lowest BCUT2D eigenvalue weighted by atomic mass is 10.1. The highest BCUT2D eigenvalue weighted by atomic mass is 16.5. The molecule has 1 aliphatic heterocycles. The van der Waals surface area contributed by atoms with Gasteiger partial charge in [-0.05, 0) is 5.56 Å². The Kier molecular flexibility index (Phi) is 5.71. The fraction of sp³-hybridized carbons (Fsp3) is 0.467. The number of hydrogen-bond donors (Lipinski definition) is 1. The molecule has 0 radical (unpaired) electrons. The highest BCUT2D eigenvalue weighted by molar-refractivity contribution is 5.79. The van der Waals surface area contributed by atoms with E-state index in [-0.39, 0.29) is 25.5 Å². The average molecular weight is 293 g/mol. The number of amides is 1. The molecular formula is C15H19NO5. The third kappa shape index (κ3) is 4.84. The molecule has 1 amide bonds. The zero-order chi connectivity index (χ0) is 15.1. The minimum absolute atomic E-state index is 0.0506. The molecular weight excluding hydrogens is 274 g/mol. The molecule has 21 heavy (non-hydrogen) atoms. The molecule has 114 valence electrons. The van der Waals surface area contributed by atoms with Crippen molar-refractivity contribution in [2.24, 2.45) is 0 Å². The summed E-state index contributed by atoms with van der Waals surface area (Å²) in [5.41, 5.74) is 0.995. The number of hydrogen-bond acceptors (Lipinski definition) is 4. The van der Waals surface area contributed by atoms with E-state index in [9.17, 15) is 9.59 Å². The van der Waals surface area contributed by atoms with Crippen LogP contribution in [0.25, 0.3) is 0 Å². The molecule has 6 heteroatoms. The van der Waals surface area contributed by atoms with Crippen LogP contribution in [0.5, 0.6) is 0 Å². The molecule has 0 aliphatic carbocycles. The van der Waals surface area contributed by atoms with Gasteiger partial charge in [-0.15, -0.1) is 0 Å². The first-order valence-electron chi connectivity index (χ1n) is 6.87. The number of benzene rings is 1. The van der Waals surface area contributed by atoms with Crippen molar-refractivity contribution in [3.63, 3.8) is 0 Å². The van der Waals surface area contributed by atoms with Gasteiger partial charge in [-0.1, -0.05) is 30.3 Å². The Morgan fingerprint density at radius 2 is 2.10 bits per heavy atom. The van der Waals surface area contributed by atoms with Crippen molar-refractivity contribution < 1.29 is 24.2 Å². The SMILES string of the molecule is O=C(O)CC1COCCN1C(=O)COCc1ccccc1. The summed E-state index contributed by atoms with van der Waals surface area (Å²) in [6.45, 7) is 1.41. The van der Waals surface area contributed by atoms with E-state index in [1.165, 1.54) is 0 Å². The highest BCUT2D eigenvalue weighted by Crippen LogP contribution is 2.11. The van der Waals surface area contributed by atoms with E-state index in [0.29, 0.717) is 19.8 Å². The summed E-state index contributed by atoms with van der Waals surface area (Å²) in [5, 5.41) is 8.87. The van der Waals surface area contributed by atoms with Gasteiger partial charge in [0, 0.05) is 6.54 Å². The Morgan fingerprint density at radius 3 is 2.81 bits per heavy atom.